The summed E-state index contributed by atoms with van der Waals surface area (Å²) in [7, 11) is -3.83. The van der Waals surface area contributed by atoms with Crippen molar-refractivity contribution in [2.24, 2.45) is 5.14 Å². The van der Waals surface area contributed by atoms with Crippen LogP contribution < -0.4 is 10.5 Å². The second-order valence-electron chi connectivity index (χ2n) is 5.30. The van der Waals surface area contributed by atoms with Crippen LogP contribution in [0.15, 0.2) is 51.1 Å². The van der Waals surface area contributed by atoms with E-state index in [9.17, 15) is 13.2 Å². The smallest absolute Gasteiger partial charge is 0.238 e. The number of nitrogens with one attached hydrogen (secondary N) is 1. The monoisotopic (exact) mass is 377 g/mol. The minimum absolute atomic E-state index is 0.0142. The molecule has 0 aliphatic rings. The third-order valence-corrected chi connectivity index (χ3v) is 5.17. The number of oxazole rings is 1. The number of aromatic nitrogens is 1. The summed E-state index contributed by atoms with van der Waals surface area (Å²) in [6.45, 7) is 1.74. The molecule has 2 aromatic heterocycles. The molecule has 25 heavy (non-hydrogen) atoms. The lowest BCUT2D eigenvalue weighted by molar-refractivity contribution is -0.115. The summed E-state index contributed by atoms with van der Waals surface area (Å²) in [5.74, 6) is 0.712. The van der Waals surface area contributed by atoms with E-state index in [1.54, 1.807) is 13.0 Å². The zero-order valence-corrected chi connectivity index (χ0v) is 14.9. The Morgan fingerprint density at radius 1 is 1.32 bits per heavy atom. The molecule has 0 aliphatic heterocycles. The van der Waals surface area contributed by atoms with E-state index in [4.69, 9.17) is 9.56 Å². The molecule has 130 valence electrons. The number of thiophene rings is 1. The molecule has 1 amide bonds. The van der Waals surface area contributed by atoms with Crippen LogP contribution in [0.4, 0.5) is 5.69 Å². The highest BCUT2D eigenvalue weighted by atomic mass is 32.2. The molecule has 0 bridgehead atoms. The number of benzene rings is 1. The van der Waals surface area contributed by atoms with Crippen LogP contribution in [0.5, 0.6) is 0 Å². The first kappa shape index (κ1) is 17.3. The lowest BCUT2D eigenvalue weighted by atomic mass is 10.2. The number of carbonyl (C=O) groups is 1. The van der Waals surface area contributed by atoms with Gasteiger partial charge in [-0.1, -0.05) is 12.1 Å². The summed E-state index contributed by atoms with van der Waals surface area (Å²) in [6.07, 6.45) is 0.0142. The Labute approximate surface area is 148 Å². The van der Waals surface area contributed by atoms with Gasteiger partial charge in [-0.05, 0) is 36.6 Å². The number of hydrogen-bond donors (Lipinski definition) is 2. The van der Waals surface area contributed by atoms with Gasteiger partial charge in [0.25, 0.3) is 0 Å². The molecule has 0 saturated carbocycles. The number of aryl methyl sites for hydroxylation is 1. The molecule has 0 fully saturated rings. The van der Waals surface area contributed by atoms with Gasteiger partial charge in [-0.2, -0.15) is 0 Å². The van der Waals surface area contributed by atoms with Crippen molar-refractivity contribution in [1.29, 1.82) is 0 Å². The highest BCUT2D eigenvalue weighted by molar-refractivity contribution is 7.89. The quantitative estimate of drug-likeness (QED) is 0.709. The number of anilines is 1. The molecule has 9 heteroatoms. The van der Waals surface area contributed by atoms with E-state index in [1.165, 1.54) is 29.5 Å². The number of primary sulfonamides is 1. The second-order valence-corrected chi connectivity index (χ2v) is 7.81. The van der Waals surface area contributed by atoms with Crippen molar-refractivity contribution >= 4 is 33.0 Å². The van der Waals surface area contributed by atoms with Crippen LogP contribution in [0.3, 0.4) is 0 Å². The number of rotatable bonds is 5. The third kappa shape index (κ3) is 4.13. The molecule has 2 heterocycles. The summed E-state index contributed by atoms with van der Waals surface area (Å²) >= 11 is 1.50. The van der Waals surface area contributed by atoms with Crippen LogP contribution in [-0.4, -0.2) is 19.3 Å². The second kappa shape index (κ2) is 6.79. The zero-order chi connectivity index (χ0) is 18.0. The number of amides is 1. The van der Waals surface area contributed by atoms with Crippen molar-refractivity contribution in [3.63, 3.8) is 0 Å². The van der Waals surface area contributed by atoms with Crippen LogP contribution in [0.25, 0.3) is 10.8 Å². The van der Waals surface area contributed by atoms with Crippen LogP contribution in [-0.2, 0) is 21.2 Å². The maximum atomic E-state index is 12.2. The van der Waals surface area contributed by atoms with E-state index in [1.807, 2.05) is 17.5 Å². The van der Waals surface area contributed by atoms with Gasteiger partial charge in [-0.15, -0.1) is 11.3 Å². The maximum absolute atomic E-state index is 12.2. The molecule has 3 N–H and O–H groups in total. The van der Waals surface area contributed by atoms with Gasteiger partial charge in [-0.3, -0.25) is 4.79 Å². The first-order valence-corrected chi connectivity index (χ1v) is 9.68. The van der Waals surface area contributed by atoms with Crippen molar-refractivity contribution in [2.45, 2.75) is 18.2 Å². The molecular weight excluding hydrogens is 362 g/mol. The molecule has 0 saturated heterocycles. The lowest BCUT2D eigenvalue weighted by Crippen LogP contribution is -2.16. The highest BCUT2D eigenvalue weighted by Crippen LogP contribution is 2.26. The molecular formula is C16H15N3O4S2. The number of nitrogens with zero attached hydrogens (tertiary/aromatic N) is 1. The average molecular weight is 377 g/mol. The number of sulfonamides is 1. The predicted octanol–water partition coefficient (Wildman–Crippen LogP) is 2.54. The maximum Gasteiger partial charge on any atom is 0.238 e. The molecule has 0 radical (unpaired) electrons. The Hall–Kier alpha value is -2.49. The van der Waals surface area contributed by atoms with Gasteiger partial charge in [0.05, 0.1) is 21.9 Å². The van der Waals surface area contributed by atoms with E-state index in [2.05, 4.69) is 10.3 Å². The first-order chi connectivity index (χ1) is 11.8. The Morgan fingerprint density at radius 2 is 2.12 bits per heavy atom. The van der Waals surface area contributed by atoms with Crippen LogP contribution in [0.1, 0.15) is 11.5 Å². The lowest BCUT2D eigenvalue weighted by Gasteiger charge is -2.06. The Balaban J connectivity index is 1.73. The van der Waals surface area contributed by atoms with E-state index >= 15 is 0 Å². The molecule has 0 unspecified atom stereocenters. The fourth-order valence-corrected chi connectivity index (χ4v) is 3.41. The molecule has 1 aromatic carbocycles. The third-order valence-electron chi connectivity index (χ3n) is 3.40. The van der Waals surface area contributed by atoms with Crippen molar-refractivity contribution < 1.29 is 17.6 Å². The van der Waals surface area contributed by atoms with E-state index in [-0.39, 0.29) is 17.2 Å². The van der Waals surface area contributed by atoms with E-state index in [0.717, 1.165) is 4.88 Å². The van der Waals surface area contributed by atoms with E-state index < -0.39 is 10.0 Å². The molecule has 7 nitrogen and oxygen atoms in total. The van der Waals surface area contributed by atoms with Gasteiger partial charge >= 0.3 is 0 Å². The standard InChI is InChI=1S/C16H15N3O4S2/c1-10-13(19-16(23-10)14-6-3-7-24-14)9-15(20)18-11-4-2-5-12(8-11)25(17,21)22/h2-8H,9H2,1H3,(H,18,20)(H2,17,21,22). The summed E-state index contributed by atoms with van der Waals surface area (Å²) in [6, 6.07) is 9.54. The van der Waals surface area contributed by atoms with Crippen molar-refractivity contribution in [1.82, 2.24) is 4.98 Å². The fourth-order valence-electron chi connectivity index (χ4n) is 2.21. The normalized spacial score (nSPS) is 11.4. The summed E-state index contributed by atoms with van der Waals surface area (Å²) in [5, 5.41) is 9.64. The fraction of sp³-hybridized carbons (Fsp3) is 0.125. The number of hydrogen-bond acceptors (Lipinski definition) is 6. The average Bonchev–Trinajstić information content (AvgIpc) is 3.17. The van der Waals surface area contributed by atoms with Gasteiger partial charge in [0.15, 0.2) is 0 Å². The van der Waals surface area contributed by atoms with Crippen molar-refractivity contribution in [3.05, 3.63) is 53.2 Å². The largest absolute Gasteiger partial charge is 0.440 e. The SMILES string of the molecule is Cc1oc(-c2cccs2)nc1CC(=O)Nc1cccc(S(N)(=O)=O)c1. The summed E-state index contributed by atoms with van der Waals surface area (Å²) in [5.41, 5.74) is 0.875. The Kier molecular flexibility index (Phi) is 4.71. The molecule has 0 atom stereocenters. The summed E-state index contributed by atoms with van der Waals surface area (Å²) in [4.78, 5) is 17.4. The molecule has 3 rings (SSSR count). The molecule has 0 aliphatic carbocycles. The summed E-state index contributed by atoms with van der Waals surface area (Å²) < 4.78 is 28.3. The number of nitrogens with two attached hydrogens (primary N) is 1. The van der Waals surface area contributed by atoms with Crippen molar-refractivity contribution in [2.75, 3.05) is 5.32 Å². The first-order valence-electron chi connectivity index (χ1n) is 7.26. The molecule has 3 aromatic rings. The topological polar surface area (TPSA) is 115 Å². The Morgan fingerprint density at radius 3 is 2.80 bits per heavy atom. The van der Waals surface area contributed by atoms with Gasteiger partial charge in [-0.25, -0.2) is 18.5 Å². The van der Waals surface area contributed by atoms with Gasteiger partial charge in [0.1, 0.15) is 5.76 Å². The van der Waals surface area contributed by atoms with Crippen LogP contribution >= 0.6 is 11.3 Å². The minimum atomic E-state index is -3.83. The minimum Gasteiger partial charge on any atom is -0.440 e. The number of carbonyl (C=O) groups excluding carboxylic acids is 1. The van der Waals surface area contributed by atoms with Gasteiger partial charge < -0.3 is 9.73 Å². The van der Waals surface area contributed by atoms with Crippen LogP contribution in [0.2, 0.25) is 0 Å². The van der Waals surface area contributed by atoms with E-state index in [0.29, 0.717) is 23.0 Å². The molecule has 0 spiro atoms. The van der Waals surface area contributed by atoms with Crippen molar-refractivity contribution in [3.8, 4) is 10.8 Å². The van der Waals surface area contributed by atoms with Crippen LogP contribution in [0, 0.1) is 6.92 Å². The Bertz CT molecular complexity index is 1010. The van der Waals surface area contributed by atoms with Gasteiger partial charge in [0.2, 0.25) is 21.8 Å². The predicted molar refractivity (Wildman–Crippen MR) is 94.7 cm³/mol. The highest BCUT2D eigenvalue weighted by Gasteiger charge is 2.16. The zero-order valence-electron chi connectivity index (χ0n) is 13.2. The van der Waals surface area contributed by atoms with Gasteiger partial charge in [0, 0.05) is 5.69 Å².